The molecule has 0 heterocycles. The third-order valence-electron chi connectivity index (χ3n) is 2.55. The Bertz CT molecular complexity index is 511. The van der Waals surface area contributed by atoms with Gasteiger partial charge >= 0.3 is 0 Å². The fraction of sp³-hybridized carbons (Fsp3) is 0.143. The van der Waals surface area contributed by atoms with E-state index in [2.05, 4.69) is 0 Å². The maximum absolute atomic E-state index is 10.1. The highest BCUT2D eigenvalue weighted by Gasteiger charge is 2.09. The van der Waals surface area contributed by atoms with Crippen LogP contribution in [0.25, 0.3) is 0 Å². The summed E-state index contributed by atoms with van der Waals surface area (Å²) in [6, 6.07) is 14.8. The Morgan fingerprint density at radius 2 is 1.59 bits per heavy atom. The van der Waals surface area contributed by atoms with E-state index >= 15 is 0 Å². The average Bonchev–Trinajstić information content (AvgIpc) is 2.29. The van der Waals surface area contributed by atoms with Gasteiger partial charge in [-0.05, 0) is 35.4 Å². The molecular formula is C14H12Cl2O. The van der Waals surface area contributed by atoms with E-state index in [-0.39, 0.29) is 0 Å². The second-order valence-corrected chi connectivity index (χ2v) is 4.78. The van der Waals surface area contributed by atoms with Crippen LogP contribution in [0.3, 0.4) is 0 Å². The van der Waals surface area contributed by atoms with Crippen molar-refractivity contribution in [3.05, 3.63) is 69.7 Å². The maximum Gasteiger partial charge on any atom is 0.0830 e. The van der Waals surface area contributed by atoms with E-state index in [1.165, 1.54) is 0 Å². The van der Waals surface area contributed by atoms with Gasteiger partial charge in [0.05, 0.1) is 6.10 Å². The van der Waals surface area contributed by atoms with Crippen LogP contribution >= 0.6 is 23.2 Å². The van der Waals surface area contributed by atoms with Crippen LogP contribution in [0.15, 0.2) is 48.5 Å². The van der Waals surface area contributed by atoms with Crippen molar-refractivity contribution in [3.8, 4) is 0 Å². The van der Waals surface area contributed by atoms with Crippen molar-refractivity contribution in [2.24, 2.45) is 0 Å². The first-order valence-electron chi connectivity index (χ1n) is 5.33. The molecule has 0 spiro atoms. The lowest BCUT2D eigenvalue weighted by molar-refractivity contribution is 0.178. The minimum absolute atomic E-state index is 0.529. The number of halogens is 2. The second-order valence-electron chi connectivity index (χ2n) is 3.90. The number of hydrogen-bond donors (Lipinski definition) is 1. The van der Waals surface area contributed by atoms with Gasteiger partial charge in [-0.2, -0.15) is 0 Å². The summed E-state index contributed by atoms with van der Waals surface area (Å²) in [4.78, 5) is 0. The van der Waals surface area contributed by atoms with Crippen LogP contribution in [0, 0.1) is 0 Å². The fourth-order valence-electron chi connectivity index (χ4n) is 1.72. The molecule has 0 bridgehead atoms. The van der Waals surface area contributed by atoms with Crippen LogP contribution in [0.5, 0.6) is 0 Å². The second kappa shape index (κ2) is 5.54. The van der Waals surface area contributed by atoms with E-state index in [1.54, 1.807) is 12.1 Å². The molecule has 2 aromatic carbocycles. The lowest BCUT2D eigenvalue weighted by Crippen LogP contribution is -2.01. The van der Waals surface area contributed by atoms with Gasteiger partial charge in [0.2, 0.25) is 0 Å². The average molecular weight is 267 g/mol. The predicted molar refractivity (Wildman–Crippen MR) is 71.6 cm³/mol. The number of rotatable bonds is 3. The van der Waals surface area contributed by atoms with Crippen LogP contribution in [-0.2, 0) is 6.42 Å². The maximum atomic E-state index is 10.1. The van der Waals surface area contributed by atoms with E-state index in [1.807, 2.05) is 36.4 Å². The molecule has 0 saturated heterocycles. The Kier molecular flexibility index (Phi) is 4.06. The summed E-state index contributed by atoms with van der Waals surface area (Å²) in [6.45, 7) is 0. The van der Waals surface area contributed by atoms with Crippen molar-refractivity contribution < 1.29 is 5.11 Å². The molecule has 0 radical (unpaired) electrons. The first kappa shape index (κ1) is 12.4. The van der Waals surface area contributed by atoms with Crippen LogP contribution < -0.4 is 0 Å². The van der Waals surface area contributed by atoms with Gasteiger partial charge in [0.25, 0.3) is 0 Å². The van der Waals surface area contributed by atoms with Gasteiger partial charge in [0.15, 0.2) is 0 Å². The zero-order valence-electron chi connectivity index (χ0n) is 9.11. The molecule has 1 N–H and O–H groups in total. The van der Waals surface area contributed by atoms with Gasteiger partial charge in [-0.15, -0.1) is 0 Å². The fourth-order valence-corrected chi connectivity index (χ4v) is 2.13. The number of benzene rings is 2. The molecular weight excluding hydrogens is 255 g/mol. The molecule has 1 unspecified atom stereocenters. The standard InChI is InChI=1S/C14H12Cl2O/c15-12-5-1-3-10(7-12)8-14(17)11-4-2-6-13(16)9-11/h1-7,9,14,17H,8H2. The van der Waals surface area contributed by atoms with Crippen LogP contribution in [0.2, 0.25) is 10.0 Å². The van der Waals surface area contributed by atoms with Gasteiger partial charge in [-0.3, -0.25) is 0 Å². The summed E-state index contributed by atoms with van der Waals surface area (Å²) in [5, 5.41) is 11.4. The summed E-state index contributed by atoms with van der Waals surface area (Å²) in [5.41, 5.74) is 1.82. The molecule has 2 aromatic rings. The highest BCUT2D eigenvalue weighted by Crippen LogP contribution is 2.22. The summed E-state index contributed by atoms with van der Waals surface area (Å²) in [6.07, 6.45) is -0.0341. The summed E-state index contributed by atoms with van der Waals surface area (Å²) in [5.74, 6) is 0. The third kappa shape index (κ3) is 3.47. The molecule has 0 amide bonds. The molecule has 3 heteroatoms. The summed E-state index contributed by atoms with van der Waals surface area (Å²) >= 11 is 11.8. The van der Waals surface area contributed by atoms with Crippen molar-refractivity contribution in [2.45, 2.75) is 12.5 Å². The van der Waals surface area contributed by atoms with Gasteiger partial charge in [0, 0.05) is 16.5 Å². The minimum atomic E-state index is -0.563. The Hall–Kier alpha value is -1.02. The highest BCUT2D eigenvalue weighted by molar-refractivity contribution is 6.30. The summed E-state index contributed by atoms with van der Waals surface area (Å²) in [7, 11) is 0. The minimum Gasteiger partial charge on any atom is -0.388 e. The van der Waals surface area contributed by atoms with Crippen molar-refractivity contribution in [1.29, 1.82) is 0 Å². The van der Waals surface area contributed by atoms with E-state index in [0.717, 1.165) is 11.1 Å². The van der Waals surface area contributed by atoms with Gasteiger partial charge in [-0.1, -0.05) is 47.5 Å². The Morgan fingerprint density at radius 1 is 0.941 bits per heavy atom. The Labute approximate surface area is 111 Å². The number of aliphatic hydroxyl groups is 1. The first-order valence-corrected chi connectivity index (χ1v) is 6.09. The molecule has 0 aliphatic heterocycles. The Morgan fingerprint density at radius 3 is 2.24 bits per heavy atom. The van der Waals surface area contributed by atoms with Gasteiger partial charge < -0.3 is 5.11 Å². The number of aliphatic hydroxyl groups excluding tert-OH is 1. The largest absolute Gasteiger partial charge is 0.388 e. The smallest absolute Gasteiger partial charge is 0.0830 e. The van der Waals surface area contributed by atoms with E-state index in [0.29, 0.717) is 16.5 Å². The lowest BCUT2D eigenvalue weighted by atomic mass is 10.0. The van der Waals surface area contributed by atoms with Crippen LogP contribution in [0.4, 0.5) is 0 Å². The Balaban J connectivity index is 2.14. The topological polar surface area (TPSA) is 20.2 Å². The molecule has 2 rings (SSSR count). The molecule has 88 valence electrons. The molecule has 1 nitrogen and oxygen atoms in total. The predicted octanol–water partition coefficient (Wildman–Crippen LogP) is 4.27. The van der Waals surface area contributed by atoms with Crippen LogP contribution in [0.1, 0.15) is 17.2 Å². The summed E-state index contributed by atoms with van der Waals surface area (Å²) < 4.78 is 0. The lowest BCUT2D eigenvalue weighted by Gasteiger charge is -2.11. The molecule has 0 aliphatic carbocycles. The molecule has 1 atom stereocenters. The highest BCUT2D eigenvalue weighted by atomic mass is 35.5. The van der Waals surface area contributed by atoms with E-state index < -0.39 is 6.10 Å². The van der Waals surface area contributed by atoms with Crippen molar-refractivity contribution in [2.75, 3.05) is 0 Å². The third-order valence-corrected chi connectivity index (χ3v) is 3.02. The van der Waals surface area contributed by atoms with E-state index in [4.69, 9.17) is 23.2 Å². The molecule has 17 heavy (non-hydrogen) atoms. The molecule has 0 aliphatic rings. The van der Waals surface area contributed by atoms with Crippen molar-refractivity contribution in [3.63, 3.8) is 0 Å². The van der Waals surface area contributed by atoms with Crippen molar-refractivity contribution >= 4 is 23.2 Å². The van der Waals surface area contributed by atoms with Crippen molar-refractivity contribution in [1.82, 2.24) is 0 Å². The zero-order valence-corrected chi connectivity index (χ0v) is 10.6. The normalized spacial score (nSPS) is 12.4. The first-order chi connectivity index (χ1) is 8.15. The monoisotopic (exact) mass is 266 g/mol. The van der Waals surface area contributed by atoms with E-state index in [9.17, 15) is 5.11 Å². The quantitative estimate of drug-likeness (QED) is 0.880. The molecule has 0 aromatic heterocycles. The van der Waals surface area contributed by atoms with Gasteiger partial charge in [-0.25, -0.2) is 0 Å². The molecule has 0 fully saturated rings. The zero-order chi connectivity index (χ0) is 12.3. The van der Waals surface area contributed by atoms with Gasteiger partial charge in [0.1, 0.15) is 0 Å². The molecule has 0 saturated carbocycles. The number of hydrogen-bond acceptors (Lipinski definition) is 1. The van der Waals surface area contributed by atoms with Crippen LogP contribution in [-0.4, -0.2) is 5.11 Å². The SMILES string of the molecule is OC(Cc1cccc(Cl)c1)c1cccc(Cl)c1.